The third-order valence-corrected chi connectivity index (χ3v) is 3.97. The Morgan fingerprint density at radius 2 is 1.86 bits per heavy atom. The summed E-state index contributed by atoms with van der Waals surface area (Å²) in [4.78, 5) is 12.0. The second kappa shape index (κ2) is 6.26. The average molecular weight is 306 g/mol. The number of halogens is 1. The lowest BCUT2D eigenvalue weighted by molar-refractivity contribution is 0.102. The summed E-state index contributed by atoms with van der Waals surface area (Å²) in [5, 5.41) is 11.1. The minimum atomic E-state index is -0.287. The predicted molar refractivity (Wildman–Crippen MR) is 79.5 cm³/mol. The number of rotatable bonds is 3. The van der Waals surface area contributed by atoms with Crippen LogP contribution in [0.25, 0.3) is 0 Å². The van der Waals surface area contributed by atoms with Crippen molar-refractivity contribution in [3.63, 3.8) is 0 Å². The van der Waals surface area contributed by atoms with Gasteiger partial charge in [-0.2, -0.15) is 0 Å². The molecular weight excluding hydrogens is 290 g/mol. The Labute approximate surface area is 127 Å². The number of benzene rings is 1. The summed E-state index contributed by atoms with van der Waals surface area (Å²) in [6, 6.07) is 6.78. The van der Waals surface area contributed by atoms with Crippen molar-refractivity contribution >= 4 is 23.5 Å². The fraction of sp³-hybridized carbons (Fsp3) is 0.400. The molecule has 1 fully saturated rings. The van der Waals surface area contributed by atoms with E-state index in [2.05, 4.69) is 15.5 Å². The summed E-state index contributed by atoms with van der Waals surface area (Å²) in [7, 11) is 0. The minimum Gasteiger partial charge on any atom is -0.408 e. The van der Waals surface area contributed by atoms with Crippen molar-refractivity contribution in [1.29, 1.82) is 0 Å². The third-order valence-electron chi connectivity index (χ3n) is 3.72. The van der Waals surface area contributed by atoms with Crippen LogP contribution in [0.4, 0.5) is 6.01 Å². The Hall–Kier alpha value is -1.88. The summed E-state index contributed by atoms with van der Waals surface area (Å²) >= 11 is 5.79. The number of nitrogens with one attached hydrogen (secondary N) is 1. The molecule has 2 aromatic rings. The van der Waals surface area contributed by atoms with E-state index >= 15 is 0 Å². The van der Waals surface area contributed by atoms with Gasteiger partial charge in [0.05, 0.1) is 0 Å². The van der Waals surface area contributed by atoms with Gasteiger partial charge < -0.3 is 4.42 Å². The smallest absolute Gasteiger partial charge is 0.322 e. The quantitative estimate of drug-likeness (QED) is 0.929. The normalized spacial score (nSPS) is 15.9. The lowest BCUT2D eigenvalue weighted by Crippen LogP contribution is -2.11. The van der Waals surface area contributed by atoms with Crippen LogP contribution in [-0.2, 0) is 0 Å². The zero-order chi connectivity index (χ0) is 14.7. The molecule has 0 spiro atoms. The first-order valence-corrected chi connectivity index (χ1v) is 7.50. The molecule has 110 valence electrons. The number of amides is 1. The molecule has 0 aliphatic heterocycles. The van der Waals surface area contributed by atoms with Gasteiger partial charge in [-0.3, -0.25) is 10.1 Å². The first kappa shape index (κ1) is 14.1. The van der Waals surface area contributed by atoms with Crippen LogP contribution in [-0.4, -0.2) is 16.1 Å². The largest absolute Gasteiger partial charge is 0.408 e. The first-order chi connectivity index (χ1) is 10.2. The Kier molecular flexibility index (Phi) is 4.20. The Morgan fingerprint density at radius 1 is 1.14 bits per heavy atom. The summed E-state index contributed by atoms with van der Waals surface area (Å²) in [6.45, 7) is 0. The lowest BCUT2D eigenvalue weighted by Gasteiger charge is -2.17. The molecule has 6 heteroatoms. The fourth-order valence-electron chi connectivity index (χ4n) is 2.57. The number of hydrogen-bond donors (Lipinski definition) is 1. The van der Waals surface area contributed by atoms with Gasteiger partial charge in [0.25, 0.3) is 5.91 Å². The van der Waals surface area contributed by atoms with E-state index in [4.69, 9.17) is 16.0 Å². The summed E-state index contributed by atoms with van der Waals surface area (Å²) < 4.78 is 5.56. The molecule has 0 radical (unpaired) electrons. The Bertz CT molecular complexity index is 618. The maximum absolute atomic E-state index is 12.0. The number of carbonyl (C=O) groups is 1. The monoisotopic (exact) mass is 305 g/mol. The number of hydrogen-bond acceptors (Lipinski definition) is 4. The molecule has 1 saturated carbocycles. The maximum Gasteiger partial charge on any atom is 0.322 e. The van der Waals surface area contributed by atoms with E-state index in [1.807, 2.05) is 0 Å². The van der Waals surface area contributed by atoms with Crippen molar-refractivity contribution in [2.45, 2.75) is 38.0 Å². The summed E-state index contributed by atoms with van der Waals surface area (Å²) in [5.74, 6) is 0.666. The number of carbonyl (C=O) groups excluding carboxylic acids is 1. The zero-order valence-corrected chi connectivity index (χ0v) is 12.3. The topological polar surface area (TPSA) is 68.0 Å². The van der Waals surface area contributed by atoms with Gasteiger partial charge in [-0.25, -0.2) is 0 Å². The maximum atomic E-state index is 12.0. The molecule has 1 heterocycles. The van der Waals surface area contributed by atoms with Gasteiger partial charge in [0.15, 0.2) is 0 Å². The molecule has 0 atom stereocenters. The molecule has 21 heavy (non-hydrogen) atoms. The van der Waals surface area contributed by atoms with Crippen LogP contribution >= 0.6 is 11.6 Å². The standard InChI is InChI=1S/C15H16ClN3O2/c16-12-8-6-10(7-9-12)13(20)17-15-19-18-14(21-15)11-4-2-1-3-5-11/h6-9,11H,1-5H2,(H,17,19,20). The zero-order valence-electron chi connectivity index (χ0n) is 11.5. The van der Waals surface area contributed by atoms with Gasteiger partial charge >= 0.3 is 6.01 Å². The fourth-order valence-corrected chi connectivity index (χ4v) is 2.70. The van der Waals surface area contributed by atoms with Crippen LogP contribution in [0.2, 0.25) is 5.02 Å². The van der Waals surface area contributed by atoms with Gasteiger partial charge in [-0.15, -0.1) is 5.10 Å². The van der Waals surface area contributed by atoms with E-state index in [1.165, 1.54) is 19.3 Å². The number of anilines is 1. The minimum absolute atomic E-state index is 0.149. The van der Waals surface area contributed by atoms with Crippen LogP contribution in [0.3, 0.4) is 0 Å². The first-order valence-electron chi connectivity index (χ1n) is 7.13. The number of nitrogens with zero attached hydrogens (tertiary/aromatic N) is 2. The van der Waals surface area contributed by atoms with Crippen molar-refractivity contribution in [3.8, 4) is 0 Å². The van der Waals surface area contributed by atoms with Crippen molar-refractivity contribution in [1.82, 2.24) is 10.2 Å². The van der Waals surface area contributed by atoms with Crippen molar-refractivity contribution < 1.29 is 9.21 Å². The molecule has 1 aliphatic carbocycles. The van der Waals surface area contributed by atoms with E-state index in [0.29, 0.717) is 22.4 Å². The van der Waals surface area contributed by atoms with E-state index in [0.717, 1.165) is 12.8 Å². The van der Waals surface area contributed by atoms with Crippen molar-refractivity contribution in [2.24, 2.45) is 0 Å². The van der Waals surface area contributed by atoms with Crippen LogP contribution in [0.1, 0.15) is 54.3 Å². The third kappa shape index (κ3) is 3.42. The van der Waals surface area contributed by atoms with Crippen LogP contribution in [0.15, 0.2) is 28.7 Å². The van der Waals surface area contributed by atoms with Gasteiger partial charge in [-0.05, 0) is 37.1 Å². The molecule has 1 aromatic heterocycles. The molecule has 1 aliphatic rings. The highest BCUT2D eigenvalue weighted by Gasteiger charge is 2.21. The van der Waals surface area contributed by atoms with Gasteiger partial charge in [0, 0.05) is 16.5 Å². The molecule has 0 saturated heterocycles. The summed E-state index contributed by atoms with van der Waals surface area (Å²) in [5.41, 5.74) is 0.497. The molecule has 1 N–H and O–H groups in total. The SMILES string of the molecule is O=C(Nc1nnc(C2CCCCC2)o1)c1ccc(Cl)cc1. The summed E-state index contributed by atoms with van der Waals surface area (Å²) in [6.07, 6.45) is 5.81. The Balaban J connectivity index is 1.66. The van der Waals surface area contributed by atoms with Crippen LogP contribution in [0.5, 0.6) is 0 Å². The highest BCUT2D eigenvalue weighted by molar-refractivity contribution is 6.30. The molecule has 0 unspecified atom stereocenters. The van der Waals surface area contributed by atoms with Crippen molar-refractivity contribution in [3.05, 3.63) is 40.7 Å². The molecule has 3 rings (SSSR count). The predicted octanol–water partition coefficient (Wildman–Crippen LogP) is 4.02. The van der Waals surface area contributed by atoms with E-state index < -0.39 is 0 Å². The Morgan fingerprint density at radius 3 is 2.57 bits per heavy atom. The van der Waals surface area contributed by atoms with Gasteiger partial charge in [0.1, 0.15) is 0 Å². The van der Waals surface area contributed by atoms with E-state index in [-0.39, 0.29) is 11.9 Å². The average Bonchev–Trinajstić information content (AvgIpc) is 2.97. The lowest BCUT2D eigenvalue weighted by atomic mass is 9.89. The van der Waals surface area contributed by atoms with Crippen LogP contribution in [0, 0.1) is 0 Å². The molecular formula is C15H16ClN3O2. The van der Waals surface area contributed by atoms with Gasteiger partial charge in [0.2, 0.25) is 5.89 Å². The highest BCUT2D eigenvalue weighted by atomic mass is 35.5. The van der Waals surface area contributed by atoms with E-state index in [9.17, 15) is 4.79 Å². The second-order valence-electron chi connectivity index (χ2n) is 5.24. The van der Waals surface area contributed by atoms with E-state index in [1.54, 1.807) is 24.3 Å². The molecule has 1 aromatic carbocycles. The molecule has 5 nitrogen and oxygen atoms in total. The molecule has 0 bridgehead atoms. The van der Waals surface area contributed by atoms with Crippen molar-refractivity contribution in [2.75, 3.05) is 5.32 Å². The number of aromatic nitrogens is 2. The molecule has 1 amide bonds. The second-order valence-corrected chi connectivity index (χ2v) is 5.68. The van der Waals surface area contributed by atoms with Crippen LogP contribution < -0.4 is 5.32 Å². The van der Waals surface area contributed by atoms with Gasteiger partial charge in [-0.1, -0.05) is 36.0 Å². The highest BCUT2D eigenvalue weighted by Crippen LogP contribution is 2.32.